The summed E-state index contributed by atoms with van der Waals surface area (Å²) in [6, 6.07) is 9.45. The molecule has 1 aliphatic rings. The van der Waals surface area contributed by atoms with Gasteiger partial charge in [-0.15, -0.1) is 0 Å². The summed E-state index contributed by atoms with van der Waals surface area (Å²) in [5, 5.41) is 0. The summed E-state index contributed by atoms with van der Waals surface area (Å²) in [5.74, 6) is 0.567. The number of carbonyl (C=O) groups excluding carboxylic acids is 1. The predicted molar refractivity (Wildman–Crippen MR) is 72.9 cm³/mol. The minimum Gasteiger partial charge on any atom is -0.338 e. The van der Waals surface area contributed by atoms with Crippen LogP contribution in [0.2, 0.25) is 0 Å². The van der Waals surface area contributed by atoms with Crippen LogP contribution in [0, 0.1) is 5.92 Å². The molecule has 3 heteroatoms. The van der Waals surface area contributed by atoms with E-state index >= 15 is 0 Å². The van der Waals surface area contributed by atoms with E-state index in [1.54, 1.807) is 0 Å². The van der Waals surface area contributed by atoms with Crippen molar-refractivity contribution in [3.63, 3.8) is 0 Å². The smallest absolute Gasteiger partial charge is 0.244 e. The number of likely N-dealkylation sites (tertiary alicyclic amines) is 1. The van der Waals surface area contributed by atoms with Crippen LogP contribution >= 0.6 is 0 Å². The fraction of sp³-hybridized carbons (Fsp3) is 0.533. The standard InChI is InChI=1S/C15H22N2O/c1-11(2)13-9-6-10-17(13)15(18)14(16)12-7-4-3-5-8-12/h3-5,7-8,11,13-14H,6,9-10,16H2,1-2H3/t13?,14-/m1/s1. The van der Waals surface area contributed by atoms with Crippen molar-refractivity contribution < 1.29 is 4.79 Å². The molecule has 1 amide bonds. The summed E-state index contributed by atoms with van der Waals surface area (Å²) >= 11 is 0. The van der Waals surface area contributed by atoms with E-state index in [0.29, 0.717) is 12.0 Å². The van der Waals surface area contributed by atoms with E-state index < -0.39 is 6.04 Å². The third-order valence-electron chi connectivity index (χ3n) is 3.78. The number of hydrogen-bond donors (Lipinski definition) is 1. The molecule has 0 bridgehead atoms. The maximum Gasteiger partial charge on any atom is 0.244 e. The second-order valence-corrected chi connectivity index (χ2v) is 5.37. The number of rotatable bonds is 3. The highest BCUT2D eigenvalue weighted by molar-refractivity contribution is 5.83. The summed E-state index contributed by atoms with van der Waals surface area (Å²) in [7, 11) is 0. The minimum absolute atomic E-state index is 0.0670. The lowest BCUT2D eigenvalue weighted by atomic mass is 10.0. The predicted octanol–water partition coefficient (Wildman–Crippen LogP) is 2.33. The van der Waals surface area contributed by atoms with Crippen LogP contribution in [0.1, 0.15) is 38.3 Å². The molecule has 0 saturated carbocycles. The lowest BCUT2D eigenvalue weighted by Gasteiger charge is -2.30. The molecule has 0 aliphatic carbocycles. The Labute approximate surface area is 109 Å². The van der Waals surface area contributed by atoms with Gasteiger partial charge in [-0.05, 0) is 24.3 Å². The van der Waals surface area contributed by atoms with Crippen LogP contribution in [-0.2, 0) is 4.79 Å². The van der Waals surface area contributed by atoms with Crippen LogP contribution in [-0.4, -0.2) is 23.4 Å². The first-order valence-electron chi connectivity index (χ1n) is 6.72. The monoisotopic (exact) mass is 246 g/mol. The number of nitrogens with two attached hydrogens (primary N) is 1. The van der Waals surface area contributed by atoms with Gasteiger partial charge in [0.25, 0.3) is 0 Å². The lowest BCUT2D eigenvalue weighted by molar-refractivity contribution is -0.134. The average Bonchev–Trinajstić information content (AvgIpc) is 2.87. The molecule has 1 heterocycles. The Balaban J connectivity index is 2.11. The zero-order valence-electron chi connectivity index (χ0n) is 11.2. The van der Waals surface area contributed by atoms with E-state index in [-0.39, 0.29) is 5.91 Å². The van der Waals surface area contributed by atoms with Crippen molar-refractivity contribution in [1.29, 1.82) is 0 Å². The molecule has 1 fully saturated rings. The largest absolute Gasteiger partial charge is 0.338 e. The molecular weight excluding hydrogens is 224 g/mol. The molecule has 1 saturated heterocycles. The fourth-order valence-electron chi connectivity index (χ4n) is 2.74. The zero-order valence-corrected chi connectivity index (χ0v) is 11.2. The molecule has 0 spiro atoms. The Bertz CT molecular complexity index is 402. The number of carbonyl (C=O) groups is 1. The van der Waals surface area contributed by atoms with Gasteiger partial charge in [-0.25, -0.2) is 0 Å². The summed E-state index contributed by atoms with van der Waals surface area (Å²) in [4.78, 5) is 14.4. The van der Waals surface area contributed by atoms with Crippen LogP contribution in [0.5, 0.6) is 0 Å². The van der Waals surface area contributed by atoms with Crippen LogP contribution < -0.4 is 5.73 Å². The first-order valence-corrected chi connectivity index (χ1v) is 6.72. The Hall–Kier alpha value is -1.35. The molecule has 2 rings (SSSR count). The molecule has 98 valence electrons. The van der Waals surface area contributed by atoms with Gasteiger partial charge < -0.3 is 10.6 Å². The third-order valence-corrected chi connectivity index (χ3v) is 3.78. The second kappa shape index (κ2) is 5.53. The third kappa shape index (κ3) is 2.56. The van der Waals surface area contributed by atoms with Crippen molar-refractivity contribution in [2.75, 3.05) is 6.54 Å². The van der Waals surface area contributed by atoms with E-state index in [0.717, 1.165) is 24.9 Å². The quantitative estimate of drug-likeness (QED) is 0.889. The number of benzene rings is 1. The van der Waals surface area contributed by atoms with Gasteiger partial charge in [-0.1, -0.05) is 44.2 Å². The first kappa shape index (κ1) is 13.1. The Morgan fingerprint density at radius 2 is 2.00 bits per heavy atom. The van der Waals surface area contributed by atoms with Gasteiger partial charge in [0.15, 0.2) is 0 Å². The minimum atomic E-state index is -0.523. The maximum absolute atomic E-state index is 12.5. The van der Waals surface area contributed by atoms with Crippen LogP contribution in [0.4, 0.5) is 0 Å². The summed E-state index contributed by atoms with van der Waals surface area (Å²) in [5.41, 5.74) is 6.99. The normalized spacial score (nSPS) is 21.3. The van der Waals surface area contributed by atoms with Gasteiger partial charge in [0, 0.05) is 12.6 Å². The van der Waals surface area contributed by atoms with E-state index in [1.165, 1.54) is 0 Å². The topological polar surface area (TPSA) is 46.3 Å². The van der Waals surface area contributed by atoms with E-state index in [4.69, 9.17) is 5.73 Å². The van der Waals surface area contributed by atoms with E-state index in [2.05, 4.69) is 13.8 Å². The molecule has 2 atom stereocenters. The molecule has 1 aromatic carbocycles. The first-order chi connectivity index (χ1) is 8.61. The number of amides is 1. The van der Waals surface area contributed by atoms with Gasteiger partial charge >= 0.3 is 0 Å². The second-order valence-electron chi connectivity index (χ2n) is 5.37. The zero-order chi connectivity index (χ0) is 13.1. The molecular formula is C15H22N2O. The highest BCUT2D eigenvalue weighted by Gasteiger charge is 2.33. The van der Waals surface area contributed by atoms with Crippen molar-refractivity contribution in [3.8, 4) is 0 Å². The molecule has 2 N–H and O–H groups in total. The highest BCUT2D eigenvalue weighted by Crippen LogP contribution is 2.26. The Kier molecular flexibility index (Phi) is 4.02. The van der Waals surface area contributed by atoms with E-state index in [1.807, 2.05) is 35.2 Å². The Morgan fingerprint density at radius 1 is 1.33 bits per heavy atom. The van der Waals surface area contributed by atoms with Crippen molar-refractivity contribution in [2.24, 2.45) is 11.7 Å². The van der Waals surface area contributed by atoms with Crippen molar-refractivity contribution in [3.05, 3.63) is 35.9 Å². The van der Waals surface area contributed by atoms with Crippen LogP contribution in [0.25, 0.3) is 0 Å². The molecule has 1 aromatic rings. The fourth-order valence-corrected chi connectivity index (χ4v) is 2.74. The van der Waals surface area contributed by atoms with Gasteiger partial charge in [-0.2, -0.15) is 0 Å². The average molecular weight is 246 g/mol. The molecule has 18 heavy (non-hydrogen) atoms. The number of nitrogens with zero attached hydrogens (tertiary/aromatic N) is 1. The number of hydrogen-bond acceptors (Lipinski definition) is 2. The van der Waals surface area contributed by atoms with E-state index in [9.17, 15) is 4.79 Å². The Morgan fingerprint density at radius 3 is 2.61 bits per heavy atom. The van der Waals surface area contributed by atoms with Crippen LogP contribution in [0.15, 0.2) is 30.3 Å². The maximum atomic E-state index is 12.5. The van der Waals surface area contributed by atoms with Crippen molar-refractivity contribution in [2.45, 2.75) is 38.8 Å². The highest BCUT2D eigenvalue weighted by atomic mass is 16.2. The molecule has 1 unspecified atom stereocenters. The molecule has 0 aromatic heterocycles. The van der Waals surface area contributed by atoms with Crippen LogP contribution in [0.3, 0.4) is 0 Å². The van der Waals surface area contributed by atoms with Crippen molar-refractivity contribution >= 4 is 5.91 Å². The lowest BCUT2D eigenvalue weighted by Crippen LogP contribution is -2.43. The molecule has 3 nitrogen and oxygen atoms in total. The summed E-state index contributed by atoms with van der Waals surface area (Å²) in [6.45, 7) is 5.19. The van der Waals surface area contributed by atoms with Gasteiger partial charge in [0.1, 0.15) is 6.04 Å². The van der Waals surface area contributed by atoms with Gasteiger partial charge in [0.05, 0.1) is 0 Å². The molecule has 0 radical (unpaired) electrons. The summed E-state index contributed by atoms with van der Waals surface area (Å²) < 4.78 is 0. The van der Waals surface area contributed by atoms with Crippen molar-refractivity contribution in [1.82, 2.24) is 4.90 Å². The summed E-state index contributed by atoms with van der Waals surface area (Å²) in [6.07, 6.45) is 2.20. The SMILES string of the molecule is CC(C)C1CCCN1C(=O)[C@H](N)c1ccccc1. The van der Waals surface area contributed by atoms with Gasteiger partial charge in [0.2, 0.25) is 5.91 Å². The molecule has 1 aliphatic heterocycles. The van der Waals surface area contributed by atoms with Gasteiger partial charge in [-0.3, -0.25) is 4.79 Å².